The van der Waals surface area contributed by atoms with Gasteiger partial charge in [-0.3, -0.25) is 0 Å². The first kappa shape index (κ1) is 19.6. The van der Waals surface area contributed by atoms with Gasteiger partial charge in [-0.05, 0) is 73.5 Å². The highest BCUT2D eigenvalue weighted by atomic mass is 16.5. The van der Waals surface area contributed by atoms with Crippen molar-refractivity contribution in [1.29, 1.82) is 0 Å². The maximum Gasteiger partial charge on any atom is 0.128 e. The van der Waals surface area contributed by atoms with Crippen LogP contribution < -0.4 is 10.5 Å². The fraction of sp³-hybridized carbons (Fsp3) is 0.500. The normalized spacial score (nSPS) is 17.8. The molecule has 1 aromatic heterocycles. The van der Waals surface area contributed by atoms with Crippen molar-refractivity contribution in [3.63, 3.8) is 0 Å². The lowest BCUT2D eigenvalue weighted by Gasteiger charge is -2.32. The molecule has 3 N–H and O–H groups in total. The van der Waals surface area contributed by atoms with Crippen LogP contribution in [0, 0.1) is 5.92 Å². The fourth-order valence-electron chi connectivity index (χ4n) is 3.98. The maximum atomic E-state index is 9.44. The van der Waals surface area contributed by atoms with Gasteiger partial charge in [-0.25, -0.2) is 4.98 Å². The van der Waals surface area contributed by atoms with Crippen LogP contribution in [0.15, 0.2) is 30.3 Å². The van der Waals surface area contributed by atoms with E-state index < -0.39 is 0 Å². The molecule has 0 spiro atoms. The van der Waals surface area contributed by atoms with Gasteiger partial charge in [-0.15, -0.1) is 0 Å². The number of hydrogen-bond acceptors (Lipinski definition) is 5. The minimum atomic E-state index is 0.298. The van der Waals surface area contributed by atoms with Crippen molar-refractivity contribution in [2.24, 2.45) is 5.92 Å². The van der Waals surface area contributed by atoms with E-state index in [1.54, 1.807) is 13.2 Å². The number of nitrogen functional groups attached to an aromatic ring is 1. The predicted molar refractivity (Wildman–Crippen MR) is 110 cm³/mol. The second-order valence-corrected chi connectivity index (χ2v) is 7.36. The molecule has 0 aliphatic carbocycles. The summed E-state index contributed by atoms with van der Waals surface area (Å²) in [6, 6.07) is 10.0. The third-order valence-corrected chi connectivity index (χ3v) is 5.51. The van der Waals surface area contributed by atoms with Gasteiger partial charge in [-0.2, -0.15) is 0 Å². The van der Waals surface area contributed by atoms with Crippen molar-refractivity contribution >= 4 is 5.82 Å². The van der Waals surface area contributed by atoms with Crippen molar-refractivity contribution in [3.05, 3.63) is 41.5 Å². The van der Waals surface area contributed by atoms with Gasteiger partial charge in [0.1, 0.15) is 11.6 Å². The van der Waals surface area contributed by atoms with E-state index in [4.69, 9.17) is 10.5 Å². The van der Waals surface area contributed by atoms with Crippen LogP contribution in [0.1, 0.15) is 30.9 Å². The van der Waals surface area contributed by atoms with Gasteiger partial charge in [0.05, 0.1) is 12.8 Å². The Bertz CT molecular complexity index is 763. The van der Waals surface area contributed by atoms with Gasteiger partial charge in [0, 0.05) is 25.3 Å². The van der Waals surface area contributed by atoms with E-state index in [1.165, 1.54) is 17.5 Å². The van der Waals surface area contributed by atoms with Crippen molar-refractivity contribution in [3.8, 4) is 17.0 Å². The molecule has 27 heavy (non-hydrogen) atoms. The number of nitrogens with two attached hydrogens (primary N) is 1. The maximum absolute atomic E-state index is 9.44. The van der Waals surface area contributed by atoms with Gasteiger partial charge in [0.15, 0.2) is 0 Å². The molecule has 0 radical (unpaired) electrons. The summed E-state index contributed by atoms with van der Waals surface area (Å²) in [4.78, 5) is 6.94. The Balaban J connectivity index is 1.81. The number of aryl methyl sites for hydroxylation is 1. The molecule has 5 nitrogen and oxygen atoms in total. The average Bonchev–Trinajstić information content (AvgIpc) is 2.71. The number of aromatic nitrogens is 1. The summed E-state index contributed by atoms with van der Waals surface area (Å²) in [6.07, 6.45) is 4.27. The lowest BCUT2D eigenvalue weighted by molar-refractivity contribution is 0.121. The van der Waals surface area contributed by atoms with Gasteiger partial charge < -0.3 is 20.5 Å². The second-order valence-electron chi connectivity index (χ2n) is 7.36. The van der Waals surface area contributed by atoms with E-state index in [2.05, 4.69) is 28.9 Å². The molecule has 1 aromatic carbocycles. The minimum absolute atomic E-state index is 0.298. The van der Waals surface area contributed by atoms with Crippen molar-refractivity contribution in [2.75, 3.05) is 39.1 Å². The molecule has 1 saturated heterocycles. The molecule has 1 aliphatic heterocycles. The first-order valence-electron chi connectivity index (χ1n) is 9.90. The molecule has 1 aliphatic rings. The molecular formula is C22H31N3O2. The summed E-state index contributed by atoms with van der Waals surface area (Å²) in [5, 5.41) is 9.44. The number of anilines is 1. The average molecular weight is 370 g/mol. The molecule has 5 heteroatoms. The third kappa shape index (κ3) is 4.79. The molecule has 2 aromatic rings. The molecule has 0 amide bonds. The number of aliphatic hydroxyl groups is 1. The summed E-state index contributed by atoms with van der Waals surface area (Å²) in [5.41, 5.74) is 10.3. The molecule has 1 unspecified atom stereocenters. The third-order valence-electron chi connectivity index (χ3n) is 5.51. The Morgan fingerprint density at radius 2 is 2.15 bits per heavy atom. The summed E-state index contributed by atoms with van der Waals surface area (Å²) >= 11 is 0. The smallest absolute Gasteiger partial charge is 0.128 e. The zero-order valence-corrected chi connectivity index (χ0v) is 16.4. The second kappa shape index (κ2) is 9.20. The largest absolute Gasteiger partial charge is 0.496 e. The van der Waals surface area contributed by atoms with E-state index in [-0.39, 0.29) is 0 Å². The van der Waals surface area contributed by atoms with Crippen LogP contribution in [-0.2, 0) is 12.8 Å². The Kier molecular flexibility index (Phi) is 6.69. The molecule has 0 saturated carbocycles. The monoisotopic (exact) mass is 369 g/mol. The molecule has 0 bridgehead atoms. The van der Waals surface area contributed by atoms with Gasteiger partial charge in [-0.1, -0.05) is 13.0 Å². The molecular weight excluding hydrogens is 338 g/mol. The highest BCUT2D eigenvalue weighted by Crippen LogP contribution is 2.33. The van der Waals surface area contributed by atoms with Crippen LogP contribution in [0.5, 0.6) is 5.75 Å². The van der Waals surface area contributed by atoms with Gasteiger partial charge in [0.2, 0.25) is 0 Å². The fourth-order valence-corrected chi connectivity index (χ4v) is 3.98. The Morgan fingerprint density at radius 3 is 2.85 bits per heavy atom. The number of piperidine rings is 1. The van der Waals surface area contributed by atoms with Gasteiger partial charge in [0.25, 0.3) is 0 Å². The zero-order chi connectivity index (χ0) is 19.2. The Labute approximate surface area is 162 Å². The van der Waals surface area contributed by atoms with Gasteiger partial charge >= 0.3 is 0 Å². The molecule has 1 atom stereocenters. The number of rotatable bonds is 7. The number of likely N-dealkylation sites (tertiary alicyclic amines) is 1. The lowest BCUT2D eigenvalue weighted by atomic mass is 9.95. The number of methoxy groups -OCH3 is 1. The first-order chi connectivity index (χ1) is 13.1. The predicted octanol–water partition coefficient (Wildman–Crippen LogP) is 3.15. The number of ether oxygens (including phenoxy) is 1. The number of pyridine rings is 1. The summed E-state index contributed by atoms with van der Waals surface area (Å²) < 4.78 is 5.68. The van der Waals surface area contributed by atoms with Crippen LogP contribution in [0.25, 0.3) is 11.3 Å². The van der Waals surface area contributed by atoms with Crippen molar-refractivity contribution in [2.45, 2.75) is 32.6 Å². The first-order valence-corrected chi connectivity index (χ1v) is 9.90. The zero-order valence-electron chi connectivity index (χ0n) is 16.4. The van der Waals surface area contributed by atoms with Crippen LogP contribution >= 0.6 is 0 Å². The summed E-state index contributed by atoms with van der Waals surface area (Å²) in [7, 11) is 1.71. The van der Waals surface area contributed by atoms with Crippen LogP contribution in [0.2, 0.25) is 0 Å². The highest BCUT2D eigenvalue weighted by Gasteiger charge is 2.19. The number of aliphatic hydroxyl groups excluding tert-OH is 1. The Hall–Kier alpha value is -2.11. The summed E-state index contributed by atoms with van der Waals surface area (Å²) in [6.45, 7) is 5.63. The van der Waals surface area contributed by atoms with Crippen molar-refractivity contribution in [1.82, 2.24) is 9.88 Å². The number of benzene rings is 1. The number of hydrogen-bond donors (Lipinski definition) is 2. The number of nitrogens with zero attached hydrogens (tertiary/aromatic N) is 2. The van der Waals surface area contributed by atoms with Crippen molar-refractivity contribution < 1.29 is 9.84 Å². The van der Waals surface area contributed by atoms with E-state index in [1.807, 2.05) is 12.1 Å². The SMILES string of the molecule is CCc1cc(-c2cccc(N)n2)c(OC)cc1CCN1CCCC(CO)C1. The minimum Gasteiger partial charge on any atom is -0.496 e. The van der Waals surface area contributed by atoms with E-state index in [0.29, 0.717) is 18.3 Å². The van der Waals surface area contributed by atoms with Crippen LogP contribution in [0.4, 0.5) is 5.82 Å². The van der Waals surface area contributed by atoms with E-state index >= 15 is 0 Å². The standard InChI is InChI=1S/C22H31N3O2/c1-3-17-12-19(20-7-4-8-22(23)24-20)21(27-2)13-18(17)9-11-25-10-5-6-16(14-25)15-26/h4,7-8,12-13,16,26H,3,5-6,9-11,14-15H2,1-2H3,(H2,23,24). The van der Waals surface area contributed by atoms with E-state index in [9.17, 15) is 5.11 Å². The van der Waals surface area contributed by atoms with E-state index in [0.717, 1.165) is 55.9 Å². The summed E-state index contributed by atoms with van der Waals surface area (Å²) in [5.74, 6) is 1.78. The van der Waals surface area contributed by atoms with Crippen LogP contribution in [-0.4, -0.2) is 48.3 Å². The molecule has 146 valence electrons. The molecule has 2 heterocycles. The molecule has 3 rings (SSSR count). The Morgan fingerprint density at radius 1 is 1.30 bits per heavy atom. The molecule has 1 fully saturated rings. The highest BCUT2D eigenvalue weighted by molar-refractivity contribution is 5.70. The quantitative estimate of drug-likeness (QED) is 0.784. The van der Waals surface area contributed by atoms with Crippen LogP contribution in [0.3, 0.4) is 0 Å². The lowest BCUT2D eigenvalue weighted by Crippen LogP contribution is -2.38. The topological polar surface area (TPSA) is 71.6 Å².